The summed E-state index contributed by atoms with van der Waals surface area (Å²) in [6.07, 6.45) is 1.51. The first-order valence-corrected chi connectivity index (χ1v) is 3.58. The van der Waals surface area contributed by atoms with E-state index in [1.807, 2.05) is 0 Å². The zero-order valence-corrected chi connectivity index (χ0v) is 6.91. The fourth-order valence-electron chi connectivity index (χ4n) is 0.924. The quantitative estimate of drug-likeness (QED) is 0.669. The highest BCUT2D eigenvalue weighted by Crippen LogP contribution is 2.19. The minimum absolute atomic E-state index is 0.126. The maximum Gasteiger partial charge on any atom is 0.0834 e. The second kappa shape index (κ2) is 3.21. The van der Waals surface area contributed by atoms with Crippen molar-refractivity contribution in [1.29, 1.82) is 0 Å². The van der Waals surface area contributed by atoms with E-state index in [1.165, 1.54) is 6.20 Å². The number of aliphatic hydroxyl groups is 1. The maximum atomic E-state index is 8.73. The standard InChI is InChI=1S/C6H10ClN3O/c1-10-6(5(8)3-11)4(7)2-9-10/h2,5,11H,3,8H2,1H3. The van der Waals surface area contributed by atoms with Gasteiger partial charge < -0.3 is 10.8 Å². The smallest absolute Gasteiger partial charge is 0.0834 e. The van der Waals surface area contributed by atoms with Gasteiger partial charge >= 0.3 is 0 Å². The molecular weight excluding hydrogens is 166 g/mol. The highest BCUT2D eigenvalue weighted by molar-refractivity contribution is 6.31. The first-order chi connectivity index (χ1) is 5.16. The van der Waals surface area contributed by atoms with Gasteiger partial charge in [0.1, 0.15) is 0 Å². The van der Waals surface area contributed by atoms with Crippen molar-refractivity contribution in [2.75, 3.05) is 6.61 Å². The van der Waals surface area contributed by atoms with Crippen molar-refractivity contribution in [3.05, 3.63) is 16.9 Å². The van der Waals surface area contributed by atoms with Gasteiger partial charge in [-0.2, -0.15) is 5.10 Å². The molecule has 1 aromatic heterocycles. The van der Waals surface area contributed by atoms with Gasteiger partial charge in [-0.1, -0.05) is 11.6 Å². The van der Waals surface area contributed by atoms with Crippen LogP contribution in [-0.4, -0.2) is 21.5 Å². The number of hydrogen-bond donors (Lipinski definition) is 2. The first kappa shape index (κ1) is 8.52. The van der Waals surface area contributed by atoms with Crippen molar-refractivity contribution in [2.45, 2.75) is 6.04 Å². The van der Waals surface area contributed by atoms with Gasteiger partial charge in [0.25, 0.3) is 0 Å². The average molecular weight is 176 g/mol. The van der Waals surface area contributed by atoms with Crippen molar-refractivity contribution in [1.82, 2.24) is 9.78 Å². The fourth-order valence-corrected chi connectivity index (χ4v) is 1.23. The molecule has 0 aliphatic rings. The van der Waals surface area contributed by atoms with Crippen LogP contribution in [0, 0.1) is 0 Å². The Labute approximate surface area is 69.6 Å². The molecule has 0 aromatic carbocycles. The molecule has 1 heterocycles. The average Bonchev–Trinajstić information content (AvgIpc) is 2.30. The number of aromatic nitrogens is 2. The summed E-state index contributed by atoms with van der Waals surface area (Å²) in [7, 11) is 1.73. The molecule has 62 valence electrons. The summed E-state index contributed by atoms with van der Waals surface area (Å²) in [5.74, 6) is 0. The molecule has 1 rings (SSSR count). The molecule has 3 N–H and O–H groups in total. The third kappa shape index (κ3) is 1.53. The molecule has 0 spiro atoms. The number of nitrogens with zero attached hydrogens (tertiary/aromatic N) is 2. The van der Waals surface area contributed by atoms with Gasteiger partial charge in [0.05, 0.1) is 29.6 Å². The van der Waals surface area contributed by atoms with E-state index >= 15 is 0 Å². The Morgan fingerprint density at radius 3 is 2.91 bits per heavy atom. The summed E-state index contributed by atoms with van der Waals surface area (Å²) in [5.41, 5.74) is 6.21. The van der Waals surface area contributed by atoms with Gasteiger partial charge in [0, 0.05) is 7.05 Å². The van der Waals surface area contributed by atoms with Crippen molar-refractivity contribution in [3.8, 4) is 0 Å². The summed E-state index contributed by atoms with van der Waals surface area (Å²) in [4.78, 5) is 0. The van der Waals surface area contributed by atoms with Gasteiger partial charge in [0.2, 0.25) is 0 Å². The van der Waals surface area contributed by atoms with Crippen molar-refractivity contribution in [2.24, 2.45) is 12.8 Å². The summed E-state index contributed by atoms with van der Waals surface area (Å²) in [6.45, 7) is -0.126. The van der Waals surface area contributed by atoms with Crippen LogP contribution in [0.3, 0.4) is 0 Å². The Hall–Kier alpha value is -0.580. The molecule has 0 amide bonds. The summed E-state index contributed by atoms with van der Waals surface area (Å²) in [5, 5.41) is 13.1. The van der Waals surface area contributed by atoms with Gasteiger partial charge in [-0.25, -0.2) is 0 Å². The third-order valence-corrected chi connectivity index (χ3v) is 1.78. The van der Waals surface area contributed by atoms with Gasteiger partial charge in [-0.15, -0.1) is 0 Å². The zero-order valence-electron chi connectivity index (χ0n) is 6.16. The van der Waals surface area contributed by atoms with Crippen LogP contribution >= 0.6 is 11.6 Å². The highest BCUT2D eigenvalue weighted by atomic mass is 35.5. The van der Waals surface area contributed by atoms with Crippen LogP contribution in [0.4, 0.5) is 0 Å². The van der Waals surface area contributed by atoms with Crippen molar-refractivity contribution < 1.29 is 5.11 Å². The van der Waals surface area contributed by atoms with E-state index in [9.17, 15) is 0 Å². The van der Waals surface area contributed by atoms with Gasteiger partial charge in [-0.3, -0.25) is 4.68 Å². The summed E-state index contributed by atoms with van der Waals surface area (Å²) in [6, 6.07) is -0.449. The molecule has 0 saturated heterocycles. The minimum atomic E-state index is -0.449. The van der Waals surface area contributed by atoms with Crippen molar-refractivity contribution >= 4 is 11.6 Å². The minimum Gasteiger partial charge on any atom is -0.394 e. The highest BCUT2D eigenvalue weighted by Gasteiger charge is 2.13. The van der Waals surface area contributed by atoms with E-state index in [2.05, 4.69) is 5.10 Å². The second-order valence-corrected chi connectivity index (χ2v) is 2.70. The number of nitrogens with two attached hydrogens (primary N) is 1. The second-order valence-electron chi connectivity index (χ2n) is 2.29. The number of halogens is 1. The van der Waals surface area contributed by atoms with Crippen LogP contribution in [-0.2, 0) is 7.05 Å². The lowest BCUT2D eigenvalue weighted by molar-refractivity contribution is 0.263. The van der Waals surface area contributed by atoms with E-state index in [0.29, 0.717) is 10.7 Å². The molecule has 11 heavy (non-hydrogen) atoms. The van der Waals surface area contributed by atoms with E-state index in [0.717, 1.165) is 0 Å². The molecule has 1 atom stereocenters. The Kier molecular flexibility index (Phi) is 2.49. The number of hydrogen-bond acceptors (Lipinski definition) is 3. The topological polar surface area (TPSA) is 64.1 Å². The SMILES string of the molecule is Cn1ncc(Cl)c1C(N)CO. The summed E-state index contributed by atoms with van der Waals surface area (Å²) < 4.78 is 1.56. The normalized spacial score (nSPS) is 13.5. The monoisotopic (exact) mass is 175 g/mol. The molecule has 0 radical (unpaired) electrons. The van der Waals surface area contributed by atoms with Gasteiger partial charge in [-0.05, 0) is 0 Å². The van der Waals surface area contributed by atoms with Crippen LogP contribution in [0.1, 0.15) is 11.7 Å². The molecule has 0 fully saturated rings. The molecule has 0 saturated carbocycles. The Morgan fingerprint density at radius 2 is 2.55 bits per heavy atom. The molecule has 0 bridgehead atoms. The molecule has 1 aromatic rings. The first-order valence-electron chi connectivity index (χ1n) is 3.20. The van der Waals surface area contributed by atoms with Crippen LogP contribution in [0.25, 0.3) is 0 Å². The number of aliphatic hydroxyl groups excluding tert-OH is 1. The fraction of sp³-hybridized carbons (Fsp3) is 0.500. The van der Waals surface area contributed by atoms with E-state index in [1.54, 1.807) is 11.7 Å². The number of aryl methyl sites for hydroxylation is 1. The zero-order chi connectivity index (χ0) is 8.43. The Bertz CT molecular complexity index is 228. The van der Waals surface area contributed by atoms with Crippen LogP contribution < -0.4 is 5.73 Å². The molecule has 4 nitrogen and oxygen atoms in total. The summed E-state index contributed by atoms with van der Waals surface area (Å²) >= 11 is 5.74. The van der Waals surface area contributed by atoms with Crippen LogP contribution in [0.15, 0.2) is 6.20 Å². The van der Waals surface area contributed by atoms with Gasteiger partial charge in [0.15, 0.2) is 0 Å². The Morgan fingerprint density at radius 1 is 1.91 bits per heavy atom. The maximum absolute atomic E-state index is 8.73. The van der Waals surface area contributed by atoms with E-state index < -0.39 is 6.04 Å². The van der Waals surface area contributed by atoms with E-state index in [-0.39, 0.29) is 6.61 Å². The van der Waals surface area contributed by atoms with Crippen molar-refractivity contribution in [3.63, 3.8) is 0 Å². The predicted octanol–water partition coefficient (Wildman–Crippen LogP) is 0.0656. The largest absolute Gasteiger partial charge is 0.394 e. The molecule has 0 aliphatic heterocycles. The van der Waals surface area contributed by atoms with E-state index in [4.69, 9.17) is 22.4 Å². The molecule has 0 aliphatic carbocycles. The lowest BCUT2D eigenvalue weighted by Gasteiger charge is -2.08. The molecule has 1 unspecified atom stereocenters. The molecular formula is C6H10ClN3O. The predicted molar refractivity (Wildman–Crippen MR) is 42.2 cm³/mol. The Balaban J connectivity index is 3.00. The lowest BCUT2D eigenvalue weighted by atomic mass is 10.2. The third-order valence-electron chi connectivity index (χ3n) is 1.49. The van der Waals surface area contributed by atoms with Crippen LogP contribution in [0.5, 0.6) is 0 Å². The lowest BCUT2D eigenvalue weighted by Crippen LogP contribution is -2.18. The molecule has 5 heteroatoms. The van der Waals surface area contributed by atoms with Crippen LogP contribution in [0.2, 0.25) is 5.02 Å². The number of rotatable bonds is 2.